The topological polar surface area (TPSA) is 17.8 Å². The Balaban J connectivity index is 2.26. The Morgan fingerprint density at radius 1 is 1.25 bits per heavy atom. The Morgan fingerprint density at radius 2 is 1.95 bits per heavy atom. The molecule has 0 fully saturated rings. The van der Waals surface area contributed by atoms with E-state index in [-0.39, 0.29) is 0 Å². The van der Waals surface area contributed by atoms with Crippen molar-refractivity contribution in [3.05, 3.63) is 53.6 Å². The van der Waals surface area contributed by atoms with E-state index in [0.717, 1.165) is 17.9 Å². The monoisotopic (exact) mass is 288 g/mol. The summed E-state index contributed by atoms with van der Waals surface area (Å²) in [6, 6.07) is 8.03. The fourth-order valence-electron chi connectivity index (χ4n) is 1.98. The normalized spacial score (nSPS) is 12.7. The molecule has 0 unspecified atom stereocenters. The van der Waals surface area contributed by atoms with Crippen molar-refractivity contribution in [1.82, 2.24) is 9.55 Å². The predicted molar refractivity (Wildman–Crippen MR) is 86.5 cm³/mol. The number of hydrogen-bond donors (Lipinski definition) is 0. The van der Waals surface area contributed by atoms with Gasteiger partial charge >= 0.3 is 0 Å². The molecular formula is C17H21ClN2. The lowest BCUT2D eigenvalue weighted by Crippen LogP contribution is -2.05. The molecule has 0 aliphatic heterocycles. The number of hydrogen-bond acceptors (Lipinski definition) is 1. The number of benzene rings is 1. The van der Waals surface area contributed by atoms with Gasteiger partial charge in [0, 0.05) is 23.6 Å². The molecule has 0 atom stereocenters. The lowest BCUT2D eigenvalue weighted by molar-refractivity contribution is 0.384. The smallest absolute Gasteiger partial charge is 0.0986 e. The van der Waals surface area contributed by atoms with Crippen molar-refractivity contribution in [3.8, 4) is 0 Å². The molecule has 1 aromatic heterocycles. The number of halogens is 1. The van der Waals surface area contributed by atoms with Crippen LogP contribution in [0.3, 0.4) is 0 Å². The van der Waals surface area contributed by atoms with E-state index in [1.165, 1.54) is 11.1 Å². The Labute approximate surface area is 126 Å². The molecule has 0 bridgehead atoms. The molecule has 20 heavy (non-hydrogen) atoms. The van der Waals surface area contributed by atoms with Crippen LogP contribution >= 0.6 is 11.6 Å². The first kappa shape index (κ1) is 14.9. The zero-order chi connectivity index (χ0) is 14.6. The highest BCUT2D eigenvalue weighted by atomic mass is 35.5. The quantitative estimate of drug-likeness (QED) is 0.740. The van der Waals surface area contributed by atoms with Crippen molar-refractivity contribution >= 4 is 23.4 Å². The predicted octanol–water partition coefficient (Wildman–Crippen LogP) is 5.36. The van der Waals surface area contributed by atoms with Gasteiger partial charge in [-0.1, -0.05) is 44.5 Å². The van der Waals surface area contributed by atoms with E-state index < -0.39 is 0 Å². The Hall–Kier alpha value is -1.54. The lowest BCUT2D eigenvalue weighted by Gasteiger charge is -2.19. The van der Waals surface area contributed by atoms with Crippen molar-refractivity contribution in [2.24, 2.45) is 5.41 Å². The Morgan fingerprint density at radius 3 is 2.50 bits per heavy atom. The highest BCUT2D eigenvalue weighted by molar-refractivity contribution is 6.30. The first-order chi connectivity index (χ1) is 9.44. The Bertz CT molecular complexity index is 560. The van der Waals surface area contributed by atoms with Crippen molar-refractivity contribution < 1.29 is 0 Å². The van der Waals surface area contributed by atoms with Gasteiger partial charge in [-0.2, -0.15) is 0 Å². The molecule has 106 valence electrons. The van der Waals surface area contributed by atoms with E-state index in [4.69, 9.17) is 11.6 Å². The second kappa shape index (κ2) is 6.27. The second-order valence-corrected chi connectivity index (χ2v) is 6.67. The van der Waals surface area contributed by atoms with E-state index in [2.05, 4.69) is 44.1 Å². The summed E-state index contributed by atoms with van der Waals surface area (Å²) in [4.78, 5) is 4.09. The minimum Gasteiger partial charge on any atom is -0.313 e. The third-order valence-corrected chi connectivity index (χ3v) is 3.44. The van der Waals surface area contributed by atoms with Gasteiger partial charge in [-0.25, -0.2) is 4.98 Å². The van der Waals surface area contributed by atoms with Crippen LogP contribution in [-0.2, 0) is 0 Å². The van der Waals surface area contributed by atoms with Gasteiger partial charge in [0.1, 0.15) is 0 Å². The molecule has 0 amide bonds. The van der Waals surface area contributed by atoms with Crippen LogP contribution in [0.2, 0.25) is 5.02 Å². The maximum absolute atomic E-state index is 5.97. The molecule has 1 heterocycles. The SMILES string of the molecule is CC(C)(C)CC/C(=C\n1ccnc1)c1ccc(Cl)cc1. The highest BCUT2D eigenvalue weighted by Crippen LogP contribution is 2.29. The zero-order valence-corrected chi connectivity index (χ0v) is 13.1. The van der Waals surface area contributed by atoms with E-state index >= 15 is 0 Å². The summed E-state index contributed by atoms with van der Waals surface area (Å²) in [5, 5.41) is 0.770. The summed E-state index contributed by atoms with van der Waals surface area (Å²) >= 11 is 5.97. The minimum absolute atomic E-state index is 0.320. The average Bonchev–Trinajstić information content (AvgIpc) is 2.87. The standard InChI is InChI=1S/C17H21ClN2/c1-17(2,3)9-8-15(12-20-11-10-19-13-20)14-4-6-16(18)7-5-14/h4-7,10-13H,8-9H2,1-3H3/b15-12+. The van der Waals surface area contributed by atoms with Crippen LogP contribution in [0.1, 0.15) is 39.2 Å². The summed E-state index contributed by atoms with van der Waals surface area (Å²) < 4.78 is 1.99. The summed E-state index contributed by atoms with van der Waals surface area (Å²) in [5.41, 5.74) is 2.84. The second-order valence-electron chi connectivity index (χ2n) is 6.23. The van der Waals surface area contributed by atoms with Crippen LogP contribution in [0.5, 0.6) is 0 Å². The maximum Gasteiger partial charge on any atom is 0.0986 e. The summed E-state index contributed by atoms with van der Waals surface area (Å²) in [5.74, 6) is 0. The first-order valence-electron chi connectivity index (χ1n) is 6.88. The molecule has 0 spiro atoms. The van der Waals surface area contributed by atoms with Crippen LogP contribution in [0.15, 0.2) is 43.0 Å². The third-order valence-electron chi connectivity index (χ3n) is 3.19. The molecule has 0 saturated carbocycles. The molecule has 2 aromatic rings. The number of allylic oxidation sites excluding steroid dienone is 1. The molecule has 2 nitrogen and oxygen atoms in total. The Kier molecular flexibility index (Phi) is 4.66. The third kappa shape index (κ3) is 4.53. The van der Waals surface area contributed by atoms with Crippen LogP contribution in [0.4, 0.5) is 0 Å². The average molecular weight is 289 g/mol. The molecule has 0 aliphatic carbocycles. The van der Waals surface area contributed by atoms with E-state index in [9.17, 15) is 0 Å². The van der Waals surface area contributed by atoms with Crippen molar-refractivity contribution in [3.63, 3.8) is 0 Å². The van der Waals surface area contributed by atoms with Crippen LogP contribution < -0.4 is 0 Å². The largest absolute Gasteiger partial charge is 0.313 e. The van der Waals surface area contributed by atoms with Crippen molar-refractivity contribution in [2.75, 3.05) is 0 Å². The van der Waals surface area contributed by atoms with Crippen LogP contribution in [-0.4, -0.2) is 9.55 Å². The van der Waals surface area contributed by atoms with Gasteiger partial charge in [-0.15, -0.1) is 0 Å². The molecular weight excluding hydrogens is 268 g/mol. The molecule has 3 heteroatoms. The number of rotatable bonds is 4. The van der Waals surface area contributed by atoms with Gasteiger partial charge in [0.25, 0.3) is 0 Å². The van der Waals surface area contributed by atoms with Crippen molar-refractivity contribution in [2.45, 2.75) is 33.6 Å². The molecule has 0 aliphatic rings. The van der Waals surface area contributed by atoms with Crippen LogP contribution in [0, 0.1) is 5.41 Å². The van der Waals surface area contributed by atoms with Gasteiger partial charge in [0.15, 0.2) is 0 Å². The molecule has 0 saturated heterocycles. The summed E-state index contributed by atoms with van der Waals surface area (Å²) in [7, 11) is 0. The van der Waals surface area contributed by atoms with Gasteiger partial charge in [0.2, 0.25) is 0 Å². The van der Waals surface area contributed by atoms with E-state index in [1.54, 1.807) is 6.20 Å². The van der Waals surface area contributed by atoms with E-state index in [0.29, 0.717) is 5.41 Å². The van der Waals surface area contributed by atoms with Gasteiger partial charge in [-0.3, -0.25) is 0 Å². The number of aromatic nitrogens is 2. The summed E-state index contributed by atoms with van der Waals surface area (Å²) in [6.07, 6.45) is 9.86. The summed E-state index contributed by atoms with van der Waals surface area (Å²) in [6.45, 7) is 6.80. The lowest BCUT2D eigenvalue weighted by atomic mass is 9.87. The molecule has 1 aromatic carbocycles. The van der Waals surface area contributed by atoms with E-state index in [1.807, 2.05) is 29.2 Å². The molecule has 2 rings (SSSR count). The zero-order valence-electron chi connectivity index (χ0n) is 12.3. The fourth-order valence-corrected chi connectivity index (χ4v) is 2.11. The minimum atomic E-state index is 0.320. The molecule has 0 radical (unpaired) electrons. The fraction of sp³-hybridized carbons (Fsp3) is 0.353. The molecule has 0 N–H and O–H groups in total. The van der Waals surface area contributed by atoms with Crippen LogP contribution in [0.25, 0.3) is 11.8 Å². The first-order valence-corrected chi connectivity index (χ1v) is 7.26. The van der Waals surface area contributed by atoms with Gasteiger partial charge < -0.3 is 4.57 Å². The van der Waals surface area contributed by atoms with Crippen molar-refractivity contribution in [1.29, 1.82) is 0 Å². The maximum atomic E-state index is 5.97. The van der Waals surface area contributed by atoms with Gasteiger partial charge in [0.05, 0.1) is 6.33 Å². The number of imidazole rings is 1. The van der Waals surface area contributed by atoms with Gasteiger partial charge in [-0.05, 0) is 41.5 Å². The number of nitrogens with zero attached hydrogens (tertiary/aromatic N) is 2. The highest BCUT2D eigenvalue weighted by Gasteiger charge is 2.12.